The molecule has 23 heavy (non-hydrogen) atoms. The largest absolute Gasteiger partial charge is 0.383 e. The highest BCUT2D eigenvalue weighted by molar-refractivity contribution is 14.0. The van der Waals surface area contributed by atoms with Crippen LogP contribution >= 0.6 is 24.0 Å². The van der Waals surface area contributed by atoms with Crippen molar-refractivity contribution in [2.24, 2.45) is 10.7 Å². The molecule has 0 amide bonds. The zero-order valence-corrected chi connectivity index (χ0v) is 16.1. The molecule has 7 nitrogen and oxygen atoms in total. The molecule has 0 radical (unpaired) electrons. The molecule has 0 saturated heterocycles. The lowest BCUT2D eigenvalue weighted by molar-refractivity contribution is 0.204. The molecule has 0 saturated carbocycles. The number of benzene rings is 1. The summed E-state index contributed by atoms with van der Waals surface area (Å²) in [6, 6.07) is 6.56. The molecule has 0 aliphatic carbocycles. The first-order valence-corrected chi connectivity index (χ1v) is 8.20. The van der Waals surface area contributed by atoms with Gasteiger partial charge in [-0.05, 0) is 17.7 Å². The minimum atomic E-state index is -3.55. The molecule has 1 aromatic carbocycles. The van der Waals surface area contributed by atoms with E-state index >= 15 is 0 Å². The smallest absolute Gasteiger partial charge is 0.240 e. The summed E-state index contributed by atoms with van der Waals surface area (Å²) in [6.45, 7) is 4.91. The summed E-state index contributed by atoms with van der Waals surface area (Å²) in [6.07, 6.45) is 1.67. The first-order chi connectivity index (χ1) is 10.5. The number of guanidine groups is 1. The molecule has 0 heterocycles. The van der Waals surface area contributed by atoms with E-state index < -0.39 is 10.0 Å². The van der Waals surface area contributed by atoms with Crippen LogP contribution < -0.4 is 15.8 Å². The van der Waals surface area contributed by atoms with Gasteiger partial charge < -0.3 is 15.8 Å². The van der Waals surface area contributed by atoms with Gasteiger partial charge in [0, 0.05) is 20.2 Å². The predicted molar refractivity (Wildman–Crippen MR) is 102 cm³/mol. The molecule has 0 atom stereocenters. The number of hydrogen-bond acceptors (Lipinski definition) is 4. The van der Waals surface area contributed by atoms with Gasteiger partial charge in [0.15, 0.2) is 5.96 Å². The third-order valence-corrected chi connectivity index (χ3v) is 4.13. The number of hydrogen-bond donors (Lipinski definition) is 3. The number of halogens is 1. The third kappa shape index (κ3) is 8.30. The van der Waals surface area contributed by atoms with Crippen LogP contribution in [0.15, 0.2) is 46.8 Å². The van der Waals surface area contributed by atoms with Gasteiger partial charge in [-0.25, -0.2) is 18.1 Å². The van der Waals surface area contributed by atoms with Crippen LogP contribution in [-0.4, -0.2) is 41.2 Å². The normalized spacial score (nSPS) is 11.6. The van der Waals surface area contributed by atoms with E-state index in [1.807, 2.05) is 0 Å². The maximum atomic E-state index is 12.1. The van der Waals surface area contributed by atoms with E-state index in [0.717, 1.165) is 5.56 Å². The number of aliphatic imine (C=N–C) groups is 1. The fourth-order valence-electron chi connectivity index (χ4n) is 1.58. The number of methoxy groups -OCH3 is 1. The fraction of sp³-hybridized carbons (Fsp3) is 0.357. The van der Waals surface area contributed by atoms with Gasteiger partial charge in [-0.3, -0.25) is 0 Å². The summed E-state index contributed by atoms with van der Waals surface area (Å²) in [5.74, 6) is 0.284. The summed E-state index contributed by atoms with van der Waals surface area (Å²) in [5.41, 5.74) is 6.41. The predicted octanol–water partition coefficient (Wildman–Crippen LogP) is 0.820. The lowest BCUT2D eigenvalue weighted by Gasteiger charge is -2.08. The van der Waals surface area contributed by atoms with Crippen molar-refractivity contribution in [2.75, 3.05) is 26.8 Å². The van der Waals surface area contributed by atoms with E-state index in [9.17, 15) is 8.42 Å². The Kier molecular flexibility index (Phi) is 10.8. The van der Waals surface area contributed by atoms with Crippen molar-refractivity contribution in [3.63, 3.8) is 0 Å². The Bertz CT molecular complexity index is 620. The van der Waals surface area contributed by atoms with E-state index in [1.165, 1.54) is 13.2 Å². The zero-order chi connectivity index (χ0) is 16.4. The molecule has 1 rings (SSSR count). The van der Waals surface area contributed by atoms with Crippen LogP contribution in [0.5, 0.6) is 0 Å². The molecule has 1 aromatic rings. The number of nitrogens with one attached hydrogen (secondary N) is 2. The van der Waals surface area contributed by atoms with Gasteiger partial charge in [-0.1, -0.05) is 18.2 Å². The third-order valence-electron chi connectivity index (χ3n) is 2.67. The van der Waals surface area contributed by atoms with Crippen molar-refractivity contribution in [1.82, 2.24) is 10.0 Å². The van der Waals surface area contributed by atoms with Crippen molar-refractivity contribution in [3.8, 4) is 0 Å². The van der Waals surface area contributed by atoms with Crippen molar-refractivity contribution in [2.45, 2.75) is 11.4 Å². The minimum absolute atomic E-state index is 0. The van der Waals surface area contributed by atoms with Gasteiger partial charge in [-0.15, -0.1) is 30.6 Å². The van der Waals surface area contributed by atoms with Gasteiger partial charge in [-0.2, -0.15) is 0 Å². The van der Waals surface area contributed by atoms with Crippen LogP contribution in [0.1, 0.15) is 5.56 Å². The van der Waals surface area contributed by atoms with Gasteiger partial charge >= 0.3 is 0 Å². The van der Waals surface area contributed by atoms with Gasteiger partial charge in [0.25, 0.3) is 0 Å². The Labute approximate surface area is 154 Å². The van der Waals surface area contributed by atoms with Crippen LogP contribution in [0.4, 0.5) is 0 Å². The SMILES string of the molecule is C=CCNC(N)=NCc1cccc(S(=O)(=O)NCCOC)c1.I. The highest BCUT2D eigenvalue weighted by Gasteiger charge is 2.13. The second-order valence-corrected chi connectivity index (χ2v) is 6.18. The Hall–Kier alpha value is -1.17. The number of sulfonamides is 1. The standard InChI is InChI=1S/C14H22N4O3S.HI/c1-3-7-16-14(15)17-11-12-5-4-6-13(10-12)22(19,20)18-8-9-21-2;/h3-6,10,18H,1,7-9,11H2,2H3,(H3,15,16,17);1H. The summed E-state index contributed by atoms with van der Waals surface area (Å²) in [7, 11) is -2.03. The topological polar surface area (TPSA) is 106 Å². The molecular weight excluding hydrogens is 431 g/mol. The molecule has 0 aliphatic heterocycles. The Balaban J connectivity index is 0.00000484. The maximum absolute atomic E-state index is 12.1. The lowest BCUT2D eigenvalue weighted by Crippen LogP contribution is -2.31. The first-order valence-electron chi connectivity index (χ1n) is 6.72. The molecule has 0 bridgehead atoms. The maximum Gasteiger partial charge on any atom is 0.240 e. The molecule has 0 aliphatic rings. The quantitative estimate of drug-likeness (QED) is 0.169. The van der Waals surface area contributed by atoms with Gasteiger partial charge in [0.1, 0.15) is 0 Å². The van der Waals surface area contributed by atoms with Crippen LogP contribution in [0.3, 0.4) is 0 Å². The van der Waals surface area contributed by atoms with Gasteiger partial charge in [0.05, 0.1) is 18.0 Å². The molecule has 0 unspecified atom stereocenters. The molecule has 0 spiro atoms. The van der Waals surface area contributed by atoms with Crippen molar-refractivity contribution < 1.29 is 13.2 Å². The highest BCUT2D eigenvalue weighted by atomic mass is 127. The first kappa shape index (κ1) is 21.8. The molecule has 0 aromatic heterocycles. The summed E-state index contributed by atoms with van der Waals surface area (Å²) in [5, 5.41) is 2.85. The Morgan fingerprint density at radius 1 is 1.48 bits per heavy atom. The Morgan fingerprint density at radius 3 is 2.87 bits per heavy atom. The second kappa shape index (κ2) is 11.4. The van der Waals surface area contributed by atoms with E-state index in [2.05, 4.69) is 21.6 Å². The van der Waals surface area contributed by atoms with E-state index in [-0.39, 0.29) is 47.9 Å². The number of nitrogens with two attached hydrogens (primary N) is 1. The fourth-order valence-corrected chi connectivity index (χ4v) is 2.66. The average Bonchev–Trinajstić information content (AvgIpc) is 2.51. The molecule has 130 valence electrons. The van der Waals surface area contributed by atoms with Crippen LogP contribution in [0, 0.1) is 0 Å². The second-order valence-electron chi connectivity index (χ2n) is 4.41. The molecular formula is C14H23IN4O3S. The van der Waals surface area contributed by atoms with Crippen molar-refractivity contribution in [3.05, 3.63) is 42.5 Å². The van der Waals surface area contributed by atoms with Crippen LogP contribution in [-0.2, 0) is 21.3 Å². The van der Waals surface area contributed by atoms with Crippen LogP contribution in [0.25, 0.3) is 0 Å². The highest BCUT2D eigenvalue weighted by Crippen LogP contribution is 2.12. The monoisotopic (exact) mass is 454 g/mol. The molecule has 4 N–H and O–H groups in total. The van der Waals surface area contributed by atoms with E-state index in [1.54, 1.807) is 24.3 Å². The number of nitrogens with zero attached hydrogens (tertiary/aromatic N) is 1. The molecule has 9 heteroatoms. The van der Waals surface area contributed by atoms with Gasteiger partial charge in [0.2, 0.25) is 10.0 Å². The summed E-state index contributed by atoms with van der Waals surface area (Å²) in [4.78, 5) is 4.32. The summed E-state index contributed by atoms with van der Waals surface area (Å²) >= 11 is 0. The van der Waals surface area contributed by atoms with Crippen LogP contribution in [0.2, 0.25) is 0 Å². The average molecular weight is 454 g/mol. The summed E-state index contributed by atoms with van der Waals surface area (Å²) < 4.78 is 31.5. The number of rotatable bonds is 9. The minimum Gasteiger partial charge on any atom is -0.383 e. The zero-order valence-electron chi connectivity index (χ0n) is 13.0. The lowest BCUT2D eigenvalue weighted by atomic mass is 10.2. The number of ether oxygens (including phenoxy) is 1. The van der Waals surface area contributed by atoms with Crippen molar-refractivity contribution in [1.29, 1.82) is 0 Å². The molecule has 0 fully saturated rings. The van der Waals surface area contributed by atoms with Crippen molar-refractivity contribution >= 4 is 40.0 Å². The van der Waals surface area contributed by atoms with E-state index in [4.69, 9.17) is 10.5 Å². The van der Waals surface area contributed by atoms with E-state index in [0.29, 0.717) is 13.2 Å². The Morgan fingerprint density at radius 2 is 2.22 bits per heavy atom.